The summed E-state index contributed by atoms with van der Waals surface area (Å²) in [5.41, 5.74) is 2.02. The van der Waals surface area contributed by atoms with E-state index in [-0.39, 0.29) is 17.1 Å². The Labute approximate surface area is 176 Å². The minimum Gasteiger partial charge on any atom is -0.469 e. The van der Waals surface area contributed by atoms with Crippen molar-refractivity contribution in [3.63, 3.8) is 0 Å². The number of furan rings is 1. The molecule has 9 heteroatoms. The Bertz CT molecular complexity index is 1170. The number of hydrogen-bond donors (Lipinski definition) is 0. The molecule has 0 aliphatic carbocycles. The van der Waals surface area contributed by atoms with Gasteiger partial charge in [-0.2, -0.15) is 5.26 Å². The highest BCUT2D eigenvalue weighted by Gasteiger charge is 2.28. The summed E-state index contributed by atoms with van der Waals surface area (Å²) in [5.74, 6) is 1.30. The number of para-hydroxylation sites is 1. The van der Waals surface area contributed by atoms with Crippen LogP contribution < -0.4 is 4.90 Å². The number of allylic oxidation sites excluding steroid dienone is 1. The molecule has 29 heavy (non-hydrogen) atoms. The molecule has 7 nitrogen and oxygen atoms in total. The SMILES string of the molecule is Cc1occc1-c1nnc(SCC(=O)C(C#N)=C2Sc3ccccc3N2C)n1C. The topological polar surface area (TPSA) is 87.9 Å². The molecule has 4 rings (SSSR count). The minimum absolute atomic E-state index is 0.105. The van der Waals surface area contributed by atoms with Crippen molar-refractivity contribution in [2.45, 2.75) is 17.0 Å². The molecule has 0 saturated heterocycles. The fourth-order valence-electron chi connectivity index (χ4n) is 3.05. The predicted molar refractivity (Wildman–Crippen MR) is 113 cm³/mol. The van der Waals surface area contributed by atoms with Gasteiger partial charge in [0, 0.05) is 19.0 Å². The van der Waals surface area contributed by atoms with Crippen LogP contribution in [0.25, 0.3) is 11.4 Å². The number of anilines is 1. The molecule has 0 unspecified atom stereocenters. The average molecular weight is 424 g/mol. The predicted octanol–water partition coefficient (Wildman–Crippen LogP) is 4.02. The van der Waals surface area contributed by atoms with Gasteiger partial charge in [-0.25, -0.2) is 0 Å². The number of aromatic nitrogens is 3. The van der Waals surface area contributed by atoms with Gasteiger partial charge in [-0.3, -0.25) is 4.79 Å². The summed E-state index contributed by atoms with van der Waals surface area (Å²) in [6, 6.07) is 11.8. The molecular weight excluding hydrogens is 406 g/mol. The van der Waals surface area contributed by atoms with Gasteiger partial charge in [0.1, 0.15) is 22.4 Å². The molecule has 0 atom stereocenters. The number of ketones is 1. The summed E-state index contributed by atoms with van der Waals surface area (Å²) in [5, 5.41) is 19.3. The number of carbonyl (C=O) groups is 1. The molecule has 1 aromatic carbocycles. The summed E-state index contributed by atoms with van der Waals surface area (Å²) in [4.78, 5) is 15.7. The van der Waals surface area contributed by atoms with Crippen LogP contribution in [-0.2, 0) is 11.8 Å². The van der Waals surface area contributed by atoms with E-state index in [0.29, 0.717) is 16.0 Å². The van der Waals surface area contributed by atoms with Crippen molar-refractivity contribution in [2.75, 3.05) is 17.7 Å². The Morgan fingerprint density at radius 3 is 2.76 bits per heavy atom. The fourth-order valence-corrected chi connectivity index (χ4v) is 4.99. The van der Waals surface area contributed by atoms with Gasteiger partial charge in [0.05, 0.1) is 23.3 Å². The Morgan fingerprint density at radius 1 is 1.28 bits per heavy atom. The zero-order chi connectivity index (χ0) is 20.5. The van der Waals surface area contributed by atoms with Crippen molar-refractivity contribution in [1.82, 2.24) is 14.8 Å². The second-order valence-electron chi connectivity index (χ2n) is 6.39. The van der Waals surface area contributed by atoms with Crippen molar-refractivity contribution in [1.29, 1.82) is 5.26 Å². The molecule has 0 spiro atoms. The third-order valence-corrected chi connectivity index (χ3v) is 6.87. The molecule has 0 bridgehead atoms. The summed E-state index contributed by atoms with van der Waals surface area (Å²) in [7, 11) is 3.71. The van der Waals surface area contributed by atoms with E-state index in [0.717, 1.165) is 21.9 Å². The third-order valence-electron chi connectivity index (χ3n) is 4.61. The van der Waals surface area contributed by atoms with Crippen LogP contribution in [0.5, 0.6) is 0 Å². The number of fused-ring (bicyclic) bond motifs is 1. The zero-order valence-electron chi connectivity index (χ0n) is 16.0. The number of nitriles is 1. The second-order valence-corrected chi connectivity index (χ2v) is 8.36. The van der Waals surface area contributed by atoms with Crippen molar-refractivity contribution < 1.29 is 9.21 Å². The number of nitrogens with zero attached hydrogens (tertiary/aromatic N) is 5. The molecular formula is C20H17N5O2S2. The summed E-state index contributed by atoms with van der Waals surface area (Å²) in [6.45, 7) is 1.86. The molecule has 0 fully saturated rings. The van der Waals surface area contributed by atoms with Gasteiger partial charge >= 0.3 is 0 Å². The lowest BCUT2D eigenvalue weighted by atomic mass is 10.2. The van der Waals surface area contributed by atoms with Crippen LogP contribution in [0.4, 0.5) is 5.69 Å². The highest BCUT2D eigenvalue weighted by atomic mass is 32.2. The first kappa shape index (κ1) is 19.4. The van der Waals surface area contributed by atoms with E-state index >= 15 is 0 Å². The first-order valence-corrected chi connectivity index (χ1v) is 10.6. The number of benzene rings is 1. The van der Waals surface area contributed by atoms with Gasteiger partial charge < -0.3 is 13.9 Å². The quantitative estimate of drug-likeness (QED) is 0.345. The standard InChI is InChI=1S/C20H17N5O2S2/c1-12-13(8-9-27-12)18-22-23-20(25(18)3)28-11-16(26)14(10-21)19-24(2)15-6-4-5-7-17(15)29-19/h4-9H,11H2,1-3H3. The maximum absolute atomic E-state index is 12.8. The van der Waals surface area contributed by atoms with Crippen LogP contribution in [-0.4, -0.2) is 33.3 Å². The summed E-state index contributed by atoms with van der Waals surface area (Å²) >= 11 is 2.71. The van der Waals surface area contributed by atoms with Gasteiger partial charge in [-0.15, -0.1) is 10.2 Å². The Kier molecular flexibility index (Phi) is 5.22. The highest BCUT2D eigenvalue weighted by molar-refractivity contribution is 8.03. The number of aryl methyl sites for hydroxylation is 1. The number of hydrogen-bond acceptors (Lipinski definition) is 8. The van der Waals surface area contributed by atoms with Crippen LogP contribution >= 0.6 is 23.5 Å². The molecule has 3 heterocycles. The van der Waals surface area contributed by atoms with Crippen LogP contribution in [0.3, 0.4) is 0 Å². The summed E-state index contributed by atoms with van der Waals surface area (Å²) < 4.78 is 7.15. The second kappa shape index (κ2) is 7.81. The van der Waals surface area contributed by atoms with Gasteiger partial charge in [0.25, 0.3) is 0 Å². The molecule has 0 amide bonds. The van der Waals surface area contributed by atoms with Crippen molar-refractivity contribution in [3.05, 3.63) is 53.0 Å². The number of rotatable bonds is 5. The van der Waals surface area contributed by atoms with Crippen molar-refractivity contribution >= 4 is 35.0 Å². The molecule has 2 aromatic heterocycles. The molecule has 3 aromatic rings. The first-order valence-electron chi connectivity index (χ1n) is 8.76. The maximum atomic E-state index is 12.8. The smallest absolute Gasteiger partial charge is 0.191 e. The van der Waals surface area contributed by atoms with Gasteiger partial charge in [-0.05, 0) is 25.1 Å². The van der Waals surface area contributed by atoms with Crippen LogP contribution in [0.1, 0.15) is 5.76 Å². The largest absolute Gasteiger partial charge is 0.469 e. The van der Waals surface area contributed by atoms with E-state index in [4.69, 9.17) is 4.42 Å². The van der Waals surface area contributed by atoms with Crippen LogP contribution in [0.2, 0.25) is 0 Å². The molecule has 0 N–H and O–H groups in total. The zero-order valence-corrected chi connectivity index (χ0v) is 17.7. The lowest BCUT2D eigenvalue weighted by molar-refractivity contribution is -0.112. The number of Topliss-reactive ketones (excluding diaryl/α,β-unsaturated/α-hetero) is 1. The number of thioether (sulfide) groups is 2. The summed E-state index contributed by atoms with van der Waals surface area (Å²) in [6.07, 6.45) is 1.61. The van der Waals surface area contributed by atoms with Crippen LogP contribution in [0, 0.1) is 18.3 Å². The van der Waals surface area contributed by atoms with Crippen molar-refractivity contribution in [3.8, 4) is 17.5 Å². The highest BCUT2D eigenvalue weighted by Crippen LogP contribution is 2.46. The van der Waals surface area contributed by atoms with Gasteiger partial charge in [-0.1, -0.05) is 35.7 Å². The fraction of sp³-hybridized carbons (Fsp3) is 0.200. The Balaban J connectivity index is 1.53. The van der Waals surface area contributed by atoms with Gasteiger partial charge in [0.2, 0.25) is 0 Å². The van der Waals surface area contributed by atoms with Crippen LogP contribution in [0.15, 0.2) is 61.7 Å². The maximum Gasteiger partial charge on any atom is 0.191 e. The Hall–Kier alpha value is -2.96. The molecule has 0 saturated carbocycles. The average Bonchev–Trinajstić information content (AvgIpc) is 3.39. The molecule has 1 aliphatic rings. The lowest BCUT2D eigenvalue weighted by Gasteiger charge is -2.14. The van der Waals surface area contributed by atoms with E-state index in [9.17, 15) is 10.1 Å². The number of carbonyl (C=O) groups excluding carboxylic acids is 1. The third kappa shape index (κ3) is 3.45. The first-order chi connectivity index (χ1) is 14.0. The monoisotopic (exact) mass is 423 g/mol. The van der Waals surface area contributed by atoms with E-state index in [1.54, 1.807) is 6.26 Å². The van der Waals surface area contributed by atoms with Crippen molar-refractivity contribution in [2.24, 2.45) is 7.05 Å². The molecule has 1 aliphatic heterocycles. The van der Waals surface area contributed by atoms with E-state index in [2.05, 4.69) is 16.3 Å². The normalized spacial score (nSPS) is 14.6. The van der Waals surface area contributed by atoms with E-state index in [1.165, 1.54) is 23.5 Å². The van der Waals surface area contributed by atoms with E-state index < -0.39 is 0 Å². The lowest BCUT2D eigenvalue weighted by Crippen LogP contribution is -2.16. The minimum atomic E-state index is -0.233. The Morgan fingerprint density at radius 2 is 2.07 bits per heavy atom. The van der Waals surface area contributed by atoms with E-state index in [1.807, 2.05) is 60.8 Å². The molecule has 146 valence electrons. The van der Waals surface area contributed by atoms with Gasteiger partial charge in [0.15, 0.2) is 16.8 Å². The molecule has 0 radical (unpaired) electrons.